The van der Waals surface area contributed by atoms with Crippen molar-refractivity contribution in [3.63, 3.8) is 0 Å². The maximum atomic E-state index is 13.0. The van der Waals surface area contributed by atoms with Gasteiger partial charge < -0.3 is 10.6 Å². The highest BCUT2D eigenvalue weighted by atomic mass is 19.1. The molecule has 0 aliphatic rings. The van der Waals surface area contributed by atoms with Crippen molar-refractivity contribution in [2.24, 2.45) is 10.9 Å². The van der Waals surface area contributed by atoms with Crippen LogP contribution in [0, 0.1) is 5.82 Å². The first-order valence-corrected chi connectivity index (χ1v) is 5.49. The van der Waals surface area contributed by atoms with Crippen LogP contribution in [0.15, 0.2) is 53.6 Å². The van der Waals surface area contributed by atoms with Gasteiger partial charge in [-0.1, -0.05) is 24.3 Å². The van der Waals surface area contributed by atoms with E-state index < -0.39 is 0 Å². The van der Waals surface area contributed by atoms with Crippen LogP contribution < -0.4 is 10.6 Å². The van der Waals surface area contributed by atoms with Crippen molar-refractivity contribution < 1.29 is 9.13 Å². The summed E-state index contributed by atoms with van der Waals surface area (Å²) in [6.45, 7) is 0.299. The minimum absolute atomic E-state index is 0.270. The summed E-state index contributed by atoms with van der Waals surface area (Å²) in [5, 5.41) is 3.47. The lowest BCUT2D eigenvalue weighted by molar-refractivity contribution is 0.305. The molecule has 0 unspecified atom stereocenters. The predicted molar refractivity (Wildman–Crippen MR) is 69.0 cm³/mol. The second-order valence-electron chi connectivity index (χ2n) is 3.73. The second-order valence-corrected chi connectivity index (χ2v) is 3.73. The third-order valence-electron chi connectivity index (χ3n) is 2.42. The number of ether oxygens (including phenoxy) is 1. The predicted octanol–water partition coefficient (Wildman–Crippen LogP) is 2.70. The molecule has 2 aromatic rings. The van der Waals surface area contributed by atoms with Gasteiger partial charge in [0.25, 0.3) is 0 Å². The molecule has 0 spiro atoms. The molecule has 0 saturated heterocycles. The Morgan fingerprint density at radius 3 is 2.78 bits per heavy atom. The highest BCUT2D eigenvalue weighted by Gasteiger charge is 2.01. The van der Waals surface area contributed by atoms with Crippen LogP contribution in [-0.2, 0) is 6.61 Å². The van der Waals surface area contributed by atoms with Crippen molar-refractivity contribution in [1.82, 2.24) is 0 Å². The summed E-state index contributed by atoms with van der Waals surface area (Å²) in [6.07, 6.45) is 1.51. The van der Waals surface area contributed by atoms with Gasteiger partial charge in [0.15, 0.2) is 0 Å². The molecule has 0 fully saturated rings. The van der Waals surface area contributed by atoms with Gasteiger partial charge in [-0.15, -0.1) is 0 Å². The molecule has 2 N–H and O–H groups in total. The van der Waals surface area contributed by atoms with Crippen LogP contribution in [-0.4, -0.2) is 6.21 Å². The Hall–Kier alpha value is -2.36. The highest BCUT2D eigenvalue weighted by Crippen LogP contribution is 2.17. The Labute approximate surface area is 105 Å². The first kappa shape index (κ1) is 12.1. The molecule has 3 nitrogen and oxygen atoms in total. The normalized spacial score (nSPS) is 10.7. The van der Waals surface area contributed by atoms with Gasteiger partial charge in [-0.25, -0.2) is 4.39 Å². The molecule has 0 heterocycles. The SMILES string of the molecule is NN=Cc1ccccc1OCc1cccc(F)c1. The van der Waals surface area contributed by atoms with Crippen LogP contribution in [0.1, 0.15) is 11.1 Å². The molecule has 0 saturated carbocycles. The minimum Gasteiger partial charge on any atom is -0.488 e. The lowest BCUT2D eigenvalue weighted by Crippen LogP contribution is -1.99. The molecule has 4 heteroatoms. The zero-order valence-corrected chi connectivity index (χ0v) is 9.71. The average molecular weight is 244 g/mol. The second kappa shape index (κ2) is 5.82. The van der Waals surface area contributed by atoms with Crippen LogP contribution in [0.4, 0.5) is 4.39 Å². The van der Waals surface area contributed by atoms with Crippen LogP contribution in [0.5, 0.6) is 5.75 Å². The van der Waals surface area contributed by atoms with Gasteiger partial charge in [0.2, 0.25) is 0 Å². The average Bonchev–Trinajstić information content (AvgIpc) is 2.38. The number of benzene rings is 2. The maximum Gasteiger partial charge on any atom is 0.128 e. The van der Waals surface area contributed by atoms with Crippen molar-refractivity contribution in [2.45, 2.75) is 6.61 Å². The number of halogens is 1. The van der Waals surface area contributed by atoms with E-state index in [0.29, 0.717) is 12.4 Å². The van der Waals surface area contributed by atoms with E-state index in [4.69, 9.17) is 10.6 Å². The molecular formula is C14H13FN2O. The smallest absolute Gasteiger partial charge is 0.128 e. The van der Waals surface area contributed by atoms with Crippen LogP contribution in [0.3, 0.4) is 0 Å². The molecule has 0 amide bonds. The van der Waals surface area contributed by atoms with Gasteiger partial charge >= 0.3 is 0 Å². The fourth-order valence-corrected chi connectivity index (χ4v) is 1.59. The van der Waals surface area contributed by atoms with E-state index in [1.165, 1.54) is 18.3 Å². The summed E-state index contributed by atoms with van der Waals surface area (Å²) in [6, 6.07) is 13.7. The number of nitrogens with zero attached hydrogens (tertiary/aromatic N) is 1. The summed E-state index contributed by atoms with van der Waals surface area (Å²) < 4.78 is 18.6. The number of nitrogens with two attached hydrogens (primary N) is 1. The van der Waals surface area contributed by atoms with Crippen LogP contribution in [0.2, 0.25) is 0 Å². The molecule has 0 radical (unpaired) electrons. The zero-order chi connectivity index (χ0) is 12.8. The van der Waals surface area contributed by atoms with Crippen LogP contribution >= 0.6 is 0 Å². The van der Waals surface area contributed by atoms with Crippen molar-refractivity contribution in [1.29, 1.82) is 0 Å². The molecule has 0 aromatic heterocycles. The molecule has 2 rings (SSSR count). The molecule has 18 heavy (non-hydrogen) atoms. The molecule has 0 aliphatic carbocycles. The molecule has 0 atom stereocenters. The Morgan fingerprint density at radius 2 is 2.00 bits per heavy atom. The van der Waals surface area contributed by atoms with E-state index in [0.717, 1.165) is 11.1 Å². The van der Waals surface area contributed by atoms with Crippen molar-refractivity contribution in [2.75, 3.05) is 0 Å². The monoisotopic (exact) mass is 244 g/mol. The lowest BCUT2D eigenvalue weighted by Gasteiger charge is -2.08. The third kappa shape index (κ3) is 3.07. The Kier molecular flexibility index (Phi) is 3.91. The Balaban J connectivity index is 2.10. The number of hydrazone groups is 1. The van der Waals surface area contributed by atoms with E-state index in [2.05, 4.69) is 5.10 Å². The third-order valence-corrected chi connectivity index (χ3v) is 2.42. The molecular weight excluding hydrogens is 231 g/mol. The first-order chi connectivity index (χ1) is 8.79. The Morgan fingerprint density at radius 1 is 1.17 bits per heavy atom. The van der Waals surface area contributed by atoms with E-state index in [-0.39, 0.29) is 5.82 Å². The van der Waals surface area contributed by atoms with E-state index in [1.807, 2.05) is 30.3 Å². The molecule has 2 aromatic carbocycles. The lowest BCUT2D eigenvalue weighted by atomic mass is 10.2. The van der Waals surface area contributed by atoms with Gasteiger partial charge in [0.05, 0.1) is 6.21 Å². The number of hydrogen-bond acceptors (Lipinski definition) is 3. The van der Waals surface area contributed by atoms with Gasteiger partial charge in [-0.05, 0) is 29.8 Å². The minimum atomic E-state index is -0.270. The fourth-order valence-electron chi connectivity index (χ4n) is 1.59. The number of hydrogen-bond donors (Lipinski definition) is 1. The summed E-state index contributed by atoms with van der Waals surface area (Å²) >= 11 is 0. The highest BCUT2D eigenvalue weighted by molar-refractivity contribution is 5.83. The zero-order valence-electron chi connectivity index (χ0n) is 9.71. The van der Waals surface area contributed by atoms with Crippen molar-refractivity contribution >= 4 is 6.21 Å². The summed E-state index contributed by atoms with van der Waals surface area (Å²) in [5.74, 6) is 5.51. The van der Waals surface area contributed by atoms with Gasteiger partial charge in [-0.2, -0.15) is 5.10 Å². The molecule has 0 bridgehead atoms. The summed E-state index contributed by atoms with van der Waals surface area (Å²) in [7, 11) is 0. The number of rotatable bonds is 4. The fraction of sp³-hybridized carbons (Fsp3) is 0.0714. The standard InChI is InChI=1S/C14H13FN2O/c15-13-6-3-4-11(8-13)10-18-14-7-2-1-5-12(14)9-17-16/h1-9H,10,16H2. The van der Waals surface area contributed by atoms with Gasteiger partial charge in [-0.3, -0.25) is 0 Å². The summed E-state index contributed by atoms with van der Waals surface area (Å²) in [4.78, 5) is 0. The number of para-hydroxylation sites is 1. The molecule has 0 aliphatic heterocycles. The largest absolute Gasteiger partial charge is 0.488 e. The maximum absolute atomic E-state index is 13.0. The van der Waals surface area contributed by atoms with Gasteiger partial charge in [0, 0.05) is 5.56 Å². The van der Waals surface area contributed by atoms with Crippen molar-refractivity contribution in [3.8, 4) is 5.75 Å². The summed E-state index contributed by atoms with van der Waals surface area (Å²) in [5.41, 5.74) is 1.56. The first-order valence-electron chi connectivity index (χ1n) is 5.49. The molecule has 92 valence electrons. The van der Waals surface area contributed by atoms with E-state index >= 15 is 0 Å². The quantitative estimate of drug-likeness (QED) is 0.510. The Bertz CT molecular complexity index is 555. The van der Waals surface area contributed by atoms with Gasteiger partial charge in [0.1, 0.15) is 18.2 Å². The van der Waals surface area contributed by atoms with E-state index in [9.17, 15) is 4.39 Å². The van der Waals surface area contributed by atoms with Crippen molar-refractivity contribution in [3.05, 3.63) is 65.5 Å². The van der Waals surface area contributed by atoms with E-state index in [1.54, 1.807) is 6.07 Å². The topological polar surface area (TPSA) is 47.6 Å². The van der Waals surface area contributed by atoms with Crippen LogP contribution in [0.25, 0.3) is 0 Å².